The Bertz CT molecular complexity index is 738. The zero-order valence-electron chi connectivity index (χ0n) is 10.5. The number of nitrogens with two attached hydrogens (primary N) is 1. The fourth-order valence-electron chi connectivity index (χ4n) is 2.58. The van der Waals surface area contributed by atoms with Crippen molar-refractivity contribution in [2.45, 2.75) is 18.8 Å². The number of hydrogen-bond donors (Lipinski definition) is 1. The lowest BCUT2D eigenvalue weighted by Gasteiger charge is -2.00. The zero-order chi connectivity index (χ0) is 13.5. The average Bonchev–Trinajstić information content (AvgIpc) is 3.15. The summed E-state index contributed by atoms with van der Waals surface area (Å²) in [6.07, 6.45) is 1.84. The molecule has 7 heteroatoms. The predicted molar refractivity (Wildman–Crippen MR) is 68.6 cm³/mol. The number of benzene rings is 1. The van der Waals surface area contributed by atoms with E-state index in [1.54, 1.807) is 0 Å². The highest BCUT2D eigenvalue weighted by Gasteiger charge is 2.27. The van der Waals surface area contributed by atoms with Crippen LogP contribution in [0.1, 0.15) is 22.9 Å². The van der Waals surface area contributed by atoms with Gasteiger partial charge in [0.25, 0.3) is 5.89 Å². The highest BCUT2D eigenvalue weighted by molar-refractivity contribution is 5.60. The topological polar surface area (TPSA) is 104 Å². The normalized spacial score (nSPS) is 14.6. The van der Waals surface area contributed by atoms with Gasteiger partial charge in [0.15, 0.2) is 5.82 Å². The number of fused-ring (bicyclic) bond motifs is 1. The molecule has 20 heavy (non-hydrogen) atoms. The molecule has 1 aliphatic carbocycles. The largest absolute Gasteiger partial charge is 0.379 e. The van der Waals surface area contributed by atoms with Gasteiger partial charge in [-0.15, -0.1) is 0 Å². The molecule has 0 amide bonds. The second-order valence-corrected chi connectivity index (χ2v) is 4.83. The number of rotatable bonds is 2. The summed E-state index contributed by atoms with van der Waals surface area (Å²) in [6.45, 7) is 0. The lowest BCUT2D eigenvalue weighted by Crippen LogP contribution is -2.00. The minimum absolute atomic E-state index is 0.148. The lowest BCUT2D eigenvalue weighted by molar-refractivity contribution is 0.308. The van der Waals surface area contributed by atoms with Gasteiger partial charge in [-0.3, -0.25) is 0 Å². The van der Waals surface area contributed by atoms with E-state index in [2.05, 4.69) is 37.2 Å². The van der Waals surface area contributed by atoms with Crippen LogP contribution >= 0.6 is 0 Å². The van der Waals surface area contributed by atoms with Gasteiger partial charge in [-0.2, -0.15) is 4.98 Å². The SMILES string of the molecule is Nc1nonc1-c1nc(C2Cc3ccccc3C2)no1. The summed E-state index contributed by atoms with van der Waals surface area (Å²) in [5, 5.41) is 11.2. The number of anilines is 1. The van der Waals surface area contributed by atoms with E-state index in [-0.39, 0.29) is 17.6 Å². The van der Waals surface area contributed by atoms with Crippen LogP contribution in [0.2, 0.25) is 0 Å². The standard InChI is InChI=1S/C13H11N5O2/c14-11-10(16-20-17-11)13-15-12(18-19-13)9-5-7-3-1-2-4-8(7)6-9/h1-4,9H,5-6H2,(H2,14,17). The Labute approximate surface area is 113 Å². The molecule has 0 aliphatic heterocycles. The lowest BCUT2D eigenvalue weighted by atomic mass is 10.1. The molecule has 2 N–H and O–H groups in total. The maximum absolute atomic E-state index is 5.61. The molecule has 0 saturated carbocycles. The summed E-state index contributed by atoms with van der Waals surface area (Å²) in [7, 11) is 0. The molecule has 0 saturated heterocycles. The molecule has 2 heterocycles. The van der Waals surface area contributed by atoms with Crippen molar-refractivity contribution in [1.82, 2.24) is 20.5 Å². The van der Waals surface area contributed by atoms with Crippen LogP contribution in [0.15, 0.2) is 33.4 Å². The first-order valence-corrected chi connectivity index (χ1v) is 6.30. The van der Waals surface area contributed by atoms with Gasteiger partial charge in [0.1, 0.15) is 0 Å². The molecule has 0 spiro atoms. The minimum atomic E-state index is 0.148. The van der Waals surface area contributed by atoms with E-state index in [0.717, 1.165) is 12.8 Å². The van der Waals surface area contributed by atoms with Crippen molar-refractivity contribution < 1.29 is 9.15 Å². The maximum atomic E-state index is 5.61. The predicted octanol–water partition coefficient (Wildman–Crippen LogP) is 1.58. The summed E-state index contributed by atoms with van der Waals surface area (Å²) < 4.78 is 9.73. The van der Waals surface area contributed by atoms with Crippen LogP contribution in [0.3, 0.4) is 0 Å². The van der Waals surface area contributed by atoms with Crippen LogP contribution in [0.5, 0.6) is 0 Å². The Morgan fingerprint density at radius 3 is 2.45 bits per heavy atom. The monoisotopic (exact) mass is 269 g/mol. The van der Waals surface area contributed by atoms with Crippen molar-refractivity contribution in [2.24, 2.45) is 0 Å². The van der Waals surface area contributed by atoms with Crippen molar-refractivity contribution in [1.29, 1.82) is 0 Å². The van der Waals surface area contributed by atoms with E-state index in [9.17, 15) is 0 Å². The van der Waals surface area contributed by atoms with Crippen LogP contribution in [0.25, 0.3) is 11.6 Å². The van der Waals surface area contributed by atoms with Gasteiger partial charge in [0.2, 0.25) is 11.5 Å². The molecule has 0 unspecified atom stereocenters. The Kier molecular flexibility index (Phi) is 2.32. The van der Waals surface area contributed by atoms with Crippen molar-refractivity contribution in [2.75, 3.05) is 5.73 Å². The van der Waals surface area contributed by atoms with Crippen molar-refractivity contribution in [3.05, 3.63) is 41.2 Å². The highest BCUT2D eigenvalue weighted by Crippen LogP contribution is 2.33. The van der Waals surface area contributed by atoms with E-state index in [0.29, 0.717) is 11.5 Å². The molecule has 100 valence electrons. The van der Waals surface area contributed by atoms with Gasteiger partial charge >= 0.3 is 0 Å². The Hall–Kier alpha value is -2.70. The van der Waals surface area contributed by atoms with Gasteiger partial charge in [0.05, 0.1) is 0 Å². The molecule has 1 aliphatic rings. The van der Waals surface area contributed by atoms with E-state index in [1.165, 1.54) is 11.1 Å². The first kappa shape index (κ1) is 11.2. The number of nitrogens with zero attached hydrogens (tertiary/aromatic N) is 4. The first-order valence-electron chi connectivity index (χ1n) is 6.30. The molecule has 3 aromatic rings. The van der Waals surface area contributed by atoms with Crippen molar-refractivity contribution >= 4 is 5.82 Å². The van der Waals surface area contributed by atoms with Crippen LogP contribution < -0.4 is 5.73 Å². The Balaban J connectivity index is 1.63. The molecule has 0 radical (unpaired) electrons. The first-order chi connectivity index (χ1) is 9.81. The fourth-order valence-corrected chi connectivity index (χ4v) is 2.58. The quantitative estimate of drug-likeness (QED) is 0.753. The van der Waals surface area contributed by atoms with Crippen molar-refractivity contribution in [3.8, 4) is 11.6 Å². The Morgan fingerprint density at radius 2 is 1.80 bits per heavy atom. The van der Waals surface area contributed by atoms with Gasteiger partial charge in [-0.1, -0.05) is 29.4 Å². The van der Waals surface area contributed by atoms with E-state index in [4.69, 9.17) is 10.3 Å². The Morgan fingerprint density at radius 1 is 1.05 bits per heavy atom. The molecule has 7 nitrogen and oxygen atoms in total. The minimum Gasteiger partial charge on any atom is -0.379 e. The second-order valence-electron chi connectivity index (χ2n) is 4.83. The molecule has 0 fully saturated rings. The van der Waals surface area contributed by atoms with Crippen molar-refractivity contribution in [3.63, 3.8) is 0 Å². The van der Waals surface area contributed by atoms with E-state index in [1.807, 2.05) is 12.1 Å². The highest BCUT2D eigenvalue weighted by atomic mass is 16.6. The summed E-state index contributed by atoms with van der Waals surface area (Å²) in [5.74, 6) is 1.29. The third kappa shape index (κ3) is 1.67. The molecule has 0 bridgehead atoms. The second kappa shape index (κ2) is 4.16. The van der Waals surface area contributed by atoms with Crippen LogP contribution in [0, 0.1) is 0 Å². The van der Waals surface area contributed by atoms with Gasteiger partial charge < -0.3 is 10.3 Å². The van der Waals surface area contributed by atoms with E-state index >= 15 is 0 Å². The average molecular weight is 269 g/mol. The van der Waals surface area contributed by atoms with Crippen LogP contribution in [-0.2, 0) is 12.8 Å². The zero-order valence-corrected chi connectivity index (χ0v) is 10.5. The fraction of sp³-hybridized carbons (Fsp3) is 0.231. The molecule has 4 rings (SSSR count). The summed E-state index contributed by atoms with van der Waals surface area (Å²) in [4.78, 5) is 4.36. The number of hydrogen-bond acceptors (Lipinski definition) is 7. The molecular formula is C13H11N5O2. The molecule has 2 aromatic heterocycles. The molecule has 0 atom stereocenters. The third-order valence-electron chi connectivity index (χ3n) is 3.57. The van der Waals surface area contributed by atoms with Gasteiger partial charge in [-0.25, -0.2) is 4.63 Å². The van der Waals surface area contributed by atoms with Crippen LogP contribution in [0.4, 0.5) is 5.82 Å². The summed E-state index contributed by atoms with van der Waals surface area (Å²) in [6, 6.07) is 8.36. The smallest absolute Gasteiger partial charge is 0.284 e. The van der Waals surface area contributed by atoms with Gasteiger partial charge in [0, 0.05) is 5.92 Å². The summed E-state index contributed by atoms with van der Waals surface area (Å²) >= 11 is 0. The third-order valence-corrected chi connectivity index (χ3v) is 3.57. The molecule has 1 aromatic carbocycles. The maximum Gasteiger partial charge on any atom is 0.284 e. The number of aromatic nitrogens is 4. The summed E-state index contributed by atoms with van der Waals surface area (Å²) in [5.41, 5.74) is 8.58. The molecular weight excluding hydrogens is 258 g/mol. The van der Waals surface area contributed by atoms with Crippen LogP contribution in [-0.4, -0.2) is 20.5 Å². The van der Waals surface area contributed by atoms with E-state index < -0.39 is 0 Å². The number of nitrogen functional groups attached to an aromatic ring is 1. The van der Waals surface area contributed by atoms with Gasteiger partial charge in [-0.05, 0) is 34.3 Å².